The third-order valence-corrected chi connectivity index (χ3v) is 3.34. The van der Waals surface area contributed by atoms with Crippen LogP contribution in [0.15, 0.2) is 18.2 Å². The van der Waals surface area contributed by atoms with Crippen LogP contribution in [0.4, 0.5) is 0 Å². The summed E-state index contributed by atoms with van der Waals surface area (Å²) in [6.45, 7) is 5.78. The minimum Gasteiger partial charge on any atom is -0.389 e. The number of aryl methyl sites for hydroxylation is 2. The van der Waals surface area contributed by atoms with E-state index in [-0.39, 0.29) is 0 Å². The van der Waals surface area contributed by atoms with Crippen molar-refractivity contribution in [3.05, 3.63) is 40.4 Å². The highest BCUT2D eigenvalue weighted by Crippen LogP contribution is 2.25. The Labute approximate surface area is 118 Å². The van der Waals surface area contributed by atoms with Gasteiger partial charge >= 0.3 is 0 Å². The van der Waals surface area contributed by atoms with Crippen LogP contribution in [0.25, 0.3) is 5.69 Å². The second kappa shape index (κ2) is 5.72. The van der Waals surface area contributed by atoms with Crippen molar-refractivity contribution in [2.24, 2.45) is 0 Å². The first-order valence-electron chi connectivity index (χ1n) is 6.49. The van der Waals surface area contributed by atoms with Gasteiger partial charge in [0.2, 0.25) is 0 Å². The van der Waals surface area contributed by atoms with Crippen LogP contribution in [0.2, 0.25) is 5.02 Å². The molecule has 0 saturated heterocycles. The van der Waals surface area contributed by atoms with Crippen LogP contribution >= 0.6 is 11.6 Å². The molecular weight excluding hydrogens is 262 g/mol. The summed E-state index contributed by atoms with van der Waals surface area (Å²) in [7, 11) is 0. The zero-order valence-electron chi connectivity index (χ0n) is 11.4. The summed E-state index contributed by atoms with van der Waals surface area (Å²) in [6.07, 6.45) is 1.06. The number of hydrogen-bond acceptors (Lipinski definition) is 3. The van der Waals surface area contributed by atoms with Crippen molar-refractivity contribution >= 4 is 11.6 Å². The molecule has 0 unspecified atom stereocenters. The standard InChI is InChI=1S/C14H18ClN3O/c1-4-13-16-14(5-2)18(17-13)12-7-6-10(9(3)19)8-11(12)15/h6-9,19H,4-5H2,1-3H3/t9-/m1/s1. The van der Waals surface area contributed by atoms with Gasteiger partial charge in [0.25, 0.3) is 0 Å². The van der Waals surface area contributed by atoms with Gasteiger partial charge in [-0.1, -0.05) is 31.5 Å². The number of rotatable bonds is 4. The van der Waals surface area contributed by atoms with Crippen molar-refractivity contribution in [1.29, 1.82) is 0 Å². The van der Waals surface area contributed by atoms with Crippen LogP contribution in [-0.2, 0) is 12.8 Å². The lowest BCUT2D eigenvalue weighted by Gasteiger charge is -2.10. The normalized spacial score (nSPS) is 12.7. The lowest BCUT2D eigenvalue weighted by atomic mass is 10.1. The van der Waals surface area contributed by atoms with E-state index in [0.717, 1.165) is 35.7 Å². The monoisotopic (exact) mass is 279 g/mol. The fourth-order valence-electron chi connectivity index (χ4n) is 1.92. The number of hydrogen-bond donors (Lipinski definition) is 1. The highest BCUT2D eigenvalue weighted by molar-refractivity contribution is 6.32. The number of aliphatic hydroxyl groups excluding tert-OH is 1. The Hall–Kier alpha value is -1.39. The maximum Gasteiger partial charge on any atom is 0.151 e. The van der Waals surface area contributed by atoms with Crippen molar-refractivity contribution < 1.29 is 5.11 Å². The molecule has 0 aliphatic carbocycles. The molecule has 0 aliphatic rings. The molecule has 1 aromatic carbocycles. The summed E-state index contributed by atoms with van der Waals surface area (Å²) < 4.78 is 1.78. The Morgan fingerprint density at radius 1 is 1.32 bits per heavy atom. The Bertz CT molecular complexity index is 578. The van der Waals surface area contributed by atoms with Gasteiger partial charge in [0, 0.05) is 12.8 Å². The fraction of sp³-hybridized carbons (Fsp3) is 0.429. The number of benzene rings is 1. The molecule has 2 aromatic rings. The van der Waals surface area contributed by atoms with E-state index in [0.29, 0.717) is 5.02 Å². The zero-order chi connectivity index (χ0) is 14.0. The molecule has 0 radical (unpaired) electrons. The molecule has 0 aliphatic heterocycles. The minimum atomic E-state index is -0.529. The molecule has 0 bridgehead atoms. The van der Waals surface area contributed by atoms with E-state index in [1.54, 1.807) is 17.7 Å². The number of halogens is 1. The molecule has 1 atom stereocenters. The van der Waals surface area contributed by atoms with Crippen LogP contribution in [0.1, 0.15) is 44.1 Å². The highest BCUT2D eigenvalue weighted by Gasteiger charge is 2.13. The Balaban J connectivity index is 2.49. The summed E-state index contributed by atoms with van der Waals surface area (Å²) in [5.41, 5.74) is 1.60. The Kier molecular flexibility index (Phi) is 4.22. The quantitative estimate of drug-likeness (QED) is 0.936. The predicted molar refractivity (Wildman–Crippen MR) is 75.8 cm³/mol. The molecule has 0 fully saturated rings. The van der Waals surface area contributed by atoms with Crippen molar-refractivity contribution in [1.82, 2.24) is 14.8 Å². The summed E-state index contributed by atoms with van der Waals surface area (Å²) >= 11 is 6.29. The van der Waals surface area contributed by atoms with Crippen LogP contribution in [0.3, 0.4) is 0 Å². The predicted octanol–water partition coefficient (Wildman–Crippen LogP) is 3.10. The fourth-order valence-corrected chi connectivity index (χ4v) is 2.19. The van der Waals surface area contributed by atoms with Gasteiger partial charge in [-0.2, -0.15) is 5.10 Å². The van der Waals surface area contributed by atoms with Gasteiger partial charge in [-0.3, -0.25) is 0 Å². The van der Waals surface area contributed by atoms with Gasteiger partial charge in [0.15, 0.2) is 5.82 Å². The topological polar surface area (TPSA) is 50.9 Å². The van der Waals surface area contributed by atoms with Gasteiger partial charge in [0.1, 0.15) is 5.82 Å². The second-order valence-corrected chi connectivity index (χ2v) is 4.86. The van der Waals surface area contributed by atoms with Crippen molar-refractivity contribution in [3.63, 3.8) is 0 Å². The van der Waals surface area contributed by atoms with E-state index in [2.05, 4.69) is 10.1 Å². The summed E-state index contributed by atoms with van der Waals surface area (Å²) in [6, 6.07) is 5.50. The number of aromatic nitrogens is 3. The molecule has 4 nitrogen and oxygen atoms in total. The highest BCUT2D eigenvalue weighted by atomic mass is 35.5. The number of nitrogens with zero attached hydrogens (tertiary/aromatic N) is 3. The molecule has 5 heteroatoms. The molecule has 1 N–H and O–H groups in total. The second-order valence-electron chi connectivity index (χ2n) is 4.45. The van der Waals surface area contributed by atoms with Crippen LogP contribution in [-0.4, -0.2) is 19.9 Å². The first-order valence-corrected chi connectivity index (χ1v) is 6.87. The maximum atomic E-state index is 9.56. The van der Waals surface area contributed by atoms with E-state index in [1.807, 2.05) is 26.0 Å². The van der Waals surface area contributed by atoms with Gasteiger partial charge < -0.3 is 5.11 Å². The van der Waals surface area contributed by atoms with Gasteiger partial charge in [-0.15, -0.1) is 0 Å². The van der Waals surface area contributed by atoms with Crippen molar-refractivity contribution in [3.8, 4) is 5.69 Å². The lowest BCUT2D eigenvalue weighted by molar-refractivity contribution is 0.199. The molecular formula is C14H18ClN3O. The average molecular weight is 280 g/mol. The van der Waals surface area contributed by atoms with E-state index in [4.69, 9.17) is 11.6 Å². The van der Waals surface area contributed by atoms with Gasteiger partial charge in [0.05, 0.1) is 16.8 Å². The summed E-state index contributed by atoms with van der Waals surface area (Å²) in [5.74, 6) is 1.70. The largest absolute Gasteiger partial charge is 0.389 e. The smallest absolute Gasteiger partial charge is 0.151 e. The minimum absolute atomic E-state index is 0.529. The average Bonchev–Trinajstić information content (AvgIpc) is 2.81. The van der Waals surface area contributed by atoms with Crippen molar-refractivity contribution in [2.45, 2.75) is 39.7 Å². The molecule has 2 rings (SSSR count). The van der Waals surface area contributed by atoms with Crippen molar-refractivity contribution in [2.75, 3.05) is 0 Å². The zero-order valence-corrected chi connectivity index (χ0v) is 12.1. The first kappa shape index (κ1) is 14.0. The summed E-state index contributed by atoms with van der Waals surface area (Å²) in [4.78, 5) is 4.47. The lowest BCUT2D eigenvalue weighted by Crippen LogP contribution is -2.04. The number of aliphatic hydroxyl groups is 1. The first-order chi connectivity index (χ1) is 9.06. The van der Waals surface area contributed by atoms with E-state index in [9.17, 15) is 5.11 Å². The molecule has 0 saturated carbocycles. The third-order valence-electron chi connectivity index (χ3n) is 3.03. The molecule has 0 spiro atoms. The van der Waals surface area contributed by atoms with E-state index >= 15 is 0 Å². The molecule has 0 amide bonds. The molecule has 102 valence electrons. The van der Waals surface area contributed by atoms with Gasteiger partial charge in [-0.25, -0.2) is 9.67 Å². The Morgan fingerprint density at radius 2 is 2.05 bits per heavy atom. The van der Waals surface area contributed by atoms with E-state index < -0.39 is 6.10 Å². The van der Waals surface area contributed by atoms with Gasteiger partial charge in [-0.05, 0) is 24.6 Å². The van der Waals surface area contributed by atoms with Crippen LogP contribution in [0.5, 0.6) is 0 Å². The summed E-state index contributed by atoms with van der Waals surface area (Å²) in [5, 5.41) is 14.6. The van der Waals surface area contributed by atoms with Crippen LogP contribution in [0, 0.1) is 0 Å². The molecule has 1 heterocycles. The molecule has 1 aromatic heterocycles. The molecule has 19 heavy (non-hydrogen) atoms. The third kappa shape index (κ3) is 2.80. The maximum absolute atomic E-state index is 9.56. The Morgan fingerprint density at radius 3 is 2.58 bits per heavy atom. The SMILES string of the molecule is CCc1nc(CC)n(-c2ccc([C@@H](C)O)cc2Cl)n1. The van der Waals surface area contributed by atoms with E-state index in [1.165, 1.54) is 0 Å². The van der Waals surface area contributed by atoms with Crippen LogP contribution < -0.4 is 0 Å².